The van der Waals surface area contributed by atoms with E-state index in [1.807, 2.05) is 36.4 Å². The largest absolute Gasteiger partial charge is 0.307 e. The first kappa shape index (κ1) is 30.7. The second kappa shape index (κ2) is 11.8. The highest BCUT2D eigenvalue weighted by Gasteiger charge is 2.23. The highest BCUT2D eigenvalue weighted by Crippen LogP contribution is 2.42. The quantitative estimate of drug-likeness (QED) is 0.184. The minimum absolute atomic E-state index is 0.531. The van der Waals surface area contributed by atoms with Gasteiger partial charge in [-0.2, -0.15) is 10.5 Å². The maximum atomic E-state index is 10.6. The number of hydrogen-bond acceptors (Lipinski definition) is 2. The monoisotopic (exact) mass is 699 g/mol. The van der Waals surface area contributed by atoms with Gasteiger partial charge in [0, 0.05) is 43.6 Å². The van der Waals surface area contributed by atoms with Crippen LogP contribution in [0.1, 0.15) is 11.1 Å². The molecule has 254 valence electrons. The normalized spacial score (nSPS) is 11.6. The molecule has 0 radical (unpaired) electrons. The Balaban J connectivity index is 1.22. The Labute approximate surface area is 316 Å². The molecular formula is C50H29N5. The van der Waals surface area contributed by atoms with Crippen LogP contribution in [-0.4, -0.2) is 13.7 Å². The van der Waals surface area contributed by atoms with Gasteiger partial charge < -0.3 is 13.7 Å². The number of hydrogen-bond donors (Lipinski definition) is 0. The molecule has 0 aliphatic heterocycles. The van der Waals surface area contributed by atoms with Crippen LogP contribution in [0.25, 0.3) is 93.6 Å². The first-order valence-corrected chi connectivity index (χ1v) is 18.3. The Hall–Kier alpha value is -7.86. The van der Waals surface area contributed by atoms with Gasteiger partial charge in [-0.3, -0.25) is 0 Å². The smallest absolute Gasteiger partial charge is 0.101 e. The highest BCUT2D eigenvalue weighted by atomic mass is 15.1. The van der Waals surface area contributed by atoms with Gasteiger partial charge in [0.15, 0.2) is 0 Å². The van der Waals surface area contributed by atoms with Gasteiger partial charge in [0.2, 0.25) is 0 Å². The molecule has 11 rings (SSSR count). The summed E-state index contributed by atoms with van der Waals surface area (Å²) in [4.78, 5) is 0. The van der Waals surface area contributed by atoms with E-state index < -0.39 is 0 Å². The lowest BCUT2D eigenvalue weighted by atomic mass is 9.99. The van der Waals surface area contributed by atoms with Crippen molar-refractivity contribution in [2.45, 2.75) is 0 Å². The molecular weight excluding hydrogens is 671 g/mol. The number of nitriles is 2. The van der Waals surface area contributed by atoms with E-state index in [1.54, 1.807) is 0 Å². The average molecular weight is 700 g/mol. The van der Waals surface area contributed by atoms with Crippen LogP contribution in [0.4, 0.5) is 0 Å². The predicted molar refractivity (Wildman–Crippen MR) is 224 cm³/mol. The number of rotatable bonds is 4. The van der Waals surface area contributed by atoms with Crippen LogP contribution < -0.4 is 0 Å². The summed E-state index contributed by atoms with van der Waals surface area (Å²) in [6, 6.07) is 65.9. The molecule has 0 amide bonds. The van der Waals surface area contributed by atoms with E-state index in [9.17, 15) is 10.5 Å². The van der Waals surface area contributed by atoms with Gasteiger partial charge >= 0.3 is 0 Å². The predicted octanol–water partition coefficient (Wildman–Crippen LogP) is 12.4. The van der Waals surface area contributed by atoms with Crippen LogP contribution in [0.3, 0.4) is 0 Å². The lowest BCUT2D eigenvalue weighted by Crippen LogP contribution is -2.03. The molecule has 55 heavy (non-hydrogen) atoms. The standard InChI is InChI=1S/C50H29N5/c51-30-33-14-10-21-36(48(33)55-46-27-8-4-19-39(46)41-22-11-15-34(31-52)49(41)55)32-13-9-16-35(29-32)53-43-24-5-3-20-40(43)42-23-12-28-47(50(42)53)54-44-25-6-1-17-37(44)38-18-2-7-26-45(38)54/h1-29H. The highest BCUT2D eigenvalue weighted by molar-refractivity contribution is 6.15. The van der Waals surface area contributed by atoms with Gasteiger partial charge in [-0.15, -0.1) is 0 Å². The molecule has 11 aromatic rings. The molecule has 0 fully saturated rings. The van der Waals surface area contributed by atoms with Crippen molar-refractivity contribution < 1.29 is 0 Å². The van der Waals surface area contributed by atoms with Crippen LogP contribution in [0.15, 0.2) is 176 Å². The lowest BCUT2D eigenvalue weighted by Gasteiger charge is -2.18. The van der Waals surface area contributed by atoms with Gasteiger partial charge in [-0.1, -0.05) is 121 Å². The Morgan fingerprint density at radius 2 is 0.836 bits per heavy atom. The molecule has 5 nitrogen and oxygen atoms in total. The van der Waals surface area contributed by atoms with E-state index in [2.05, 4.69) is 165 Å². The molecule has 3 heterocycles. The molecule has 0 aliphatic rings. The van der Waals surface area contributed by atoms with Gasteiger partial charge in [0.1, 0.15) is 12.1 Å². The van der Waals surface area contributed by atoms with Crippen molar-refractivity contribution in [1.82, 2.24) is 13.7 Å². The third kappa shape index (κ3) is 4.33. The van der Waals surface area contributed by atoms with Crippen LogP contribution in [0, 0.1) is 22.7 Å². The van der Waals surface area contributed by atoms with Gasteiger partial charge in [-0.25, -0.2) is 0 Å². The third-order valence-electron chi connectivity index (χ3n) is 11.1. The van der Waals surface area contributed by atoms with Crippen molar-refractivity contribution in [2.75, 3.05) is 0 Å². The summed E-state index contributed by atoms with van der Waals surface area (Å²) >= 11 is 0. The van der Waals surface area contributed by atoms with Crippen molar-refractivity contribution in [3.05, 3.63) is 187 Å². The first-order valence-electron chi connectivity index (χ1n) is 18.3. The molecule has 5 heteroatoms. The summed E-state index contributed by atoms with van der Waals surface area (Å²) in [7, 11) is 0. The molecule has 0 saturated heterocycles. The fourth-order valence-electron chi connectivity index (χ4n) is 8.89. The van der Waals surface area contributed by atoms with Gasteiger partial charge in [0.25, 0.3) is 0 Å². The van der Waals surface area contributed by atoms with E-state index in [1.165, 1.54) is 21.5 Å². The maximum Gasteiger partial charge on any atom is 0.101 e. The summed E-state index contributed by atoms with van der Waals surface area (Å²) < 4.78 is 6.90. The van der Waals surface area contributed by atoms with Crippen molar-refractivity contribution in [3.8, 4) is 40.3 Å². The van der Waals surface area contributed by atoms with E-state index in [0.717, 1.165) is 72.1 Å². The molecule has 8 aromatic carbocycles. The Morgan fingerprint density at radius 3 is 1.47 bits per heavy atom. The fraction of sp³-hybridized carbons (Fsp3) is 0. The van der Waals surface area contributed by atoms with E-state index in [-0.39, 0.29) is 0 Å². The summed E-state index contributed by atoms with van der Waals surface area (Å²) in [6.07, 6.45) is 0. The zero-order valence-electron chi connectivity index (χ0n) is 29.5. The zero-order valence-corrected chi connectivity index (χ0v) is 29.5. The topological polar surface area (TPSA) is 62.4 Å². The van der Waals surface area contributed by atoms with E-state index in [0.29, 0.717) is 11.1 Å². The maximum absolute atomic E-state index is 10.6. The van der Waals surface area contributed by atoms with Gasteiger partial charge in [0.05, 0.1) is 55.6 Å². The molecule has 0 aliphatic carbocycles. The second-order valence-electron chi connectivity index (χ2n) is 13.9. The Morgan fingerprint density at radius 1 is 0.364 bits per heavy atom. The van der Waals surface area contributed by atoms with Crippen LogP contribution >= 0.6 is 0 Å². The molecule has 0 unspecified atom stereocenters. The average Bonchev–Trinajstić information content (AvgIpc) is 3.89. The molecule has 0 atom stereocenters. The zero-order chi connectivity index (χ0) is 36.6. The van der Waals surface area contributed by atoms with Gasteiger partial charge in [-0.05, 0) is 60.2 Å². The number of benzene rings is 8. The summed E-state index contributed by atoms with van der Waals surface area (Å²) in [5.41, 5.74) is 12.1. The summed E-state index contributed by atoms with van der Waals surface area (Å²) in [6.45, 7) is 0. The van der Waals surface area contributed by atoms with Crippen LogP contribution in [0.2, 0.25) is 0 Å². The Bertz CT molecular complexity index is 3420. The number of para-hydroxylation sites is 7. The van der Waals surface area contributed by atoms with Crippen LogP contribution in [0.5, 0.6) is 0 Å². The van der Waals surface area contributed by atoms with Crippen LogP contribution in [-0.2, 0) is 0 Å². The molecule has 0 bridgehead atoms. The minimum atomic E-state index is 0.531. The van der Waals surface area contributed by atoms with Crippen molar-refractivity contribution in [2.24, 2.45) is 0 Å². The van der Waals surface area contributed by atoms with E-state index in [4.69, 9.17) is 0 Å². The number of aromatic nitrogens is 3. The molecule has 0 N–H and O–H groups in total. The Kier molecular flexibility index (Phi) is 6.61. The number of nitrogens with zero attached hydrogens (tertiary/aromatic N) is 5. The summed E-state index contributed by atoms with van der Waals surface area (Å²) in [5.74, 6) is 0. The molecule has 3 aromatic heterocycles. The summed E-state index contributed by atoms with van der Waals surface area (Å²) in [5, 5.41) is 27.8. The van der Waals surface area contributed by atoms with Crippen molar-refractivity contribution in [3.63, 3.8) is 0 Å². The fourth-order valence-corrected chi connectivity index (χ4v) is 8.89. The van der Waals surface area contributed by atoms with Crippen molar-refractivity contribution >= 4 is 65.4 Å². The second-order valence-corrected chi connectivity index (χ2v) is 13.9. The van der Waals surface area contributed by atoms with E-state index >= 15 is 0 Å². The molecule has 0 spiro atoms. The lowest BCUT2D eigenvalue weighted by molar-refractivity contribution is 1.13. The minimum Gasteiger partial charge on any atom is -0.307 e. The number of fused-ring (bicyclic) bond motifs is 9. The SMILES string of the molecule is N#Cc1cccc(-c2cccc(-n3c4ccccc4c4cccc(-n5c6ccccc6c6ccccc65)c43)c2)c1-n1c2ccccc2c2cccc(C#N)c21. The first-order chi connectivity index (χ1) is 27.2. The third-order valence-corrected chi connectivity index (χ3v) is 11.1. The molecule has 0 saturated carbocycles. The van der Waals surface area contributed by atoms with Crippen molar-refractivity contribution in [1.29, 1.82) is 10.5 Å².